The molecule has 11 heteroatoms. The summed E-state index contributed by atoms with van der Waals surface area (Å²) >= 11 is 0. The number of benzene rings is 1. The fraction of sp³-hybridized carbons (Fsp3) is 0.484. The van der Waals surface area contributed by atoms with Crippen LogP contribution in [-0.2, 0) is 27.2 Å². The first-order valence-corrected chi connectivity index (χ1v) is 14.1. The fourth-order valence-corrected chi connectivity index (χ4v) is 3.97. The van der Waals surface area contributed by atoms with Crippen LogP contribution in [0.5, 0.6) is 0 Å². The zero-order valence-electron chi connectivity index (χ0n) is 25.7. The number of rotatable bonds is 12. The van der Waals surface area contributed by atoms with Crippen LogP contribution in [0.3, 0.4) is 0 Å². The predicted molar refractivity (Wildman–Crippen MR) is 162 cm³/mol. The Morgan fingerprint density at radius 1 is 0.952 bits per heavy atom. The smallest absolute Gasteiger partial charge is 0.407 e. The molecule has 2 heterocycles. The number of aryl methyl sites for hydroxylation is 1. The Kier molecular flexibility index (Phi) is 11.3. The second kappa shape index (κ2) is 14.7. The van der Waals surface area contributed by atoms with Crippen LogP contribution in [0, 0.1) is 0 Å². The van der Waals surface area contributed by atoms with Crippen LogP contribution in [0.1, 0.15) is 65.6 Å². The van der Waals surface area contributed by atoms with Gasteiger partial charge in [-0.25, -0.2) is 14.8 Å². The second-order valence-corrected chi connectivity index (χ2v) is 12.1. The summed E-state index contributed by atoms with van der Waals surface area (Å²) < 4.78 is 10.7. The van der Waals surface area contributed by atoms with Crippen LogP contribution in [0.15, 0.2) is 48.9 Å². The summed E-state index contributed by atoms with van der Waals surface area (Å²) in [5.41, 5.74) is 2.62. The standard InChI is InChI=1S/C31H43N7O4/c1-30(2,3)41-26(39)14-17-38(7)20-22-10-8-11-25(18-22)36-28-35-21-34-27(37-28)23-13-16-32-24(19-23)12-9-15-33-29(40)42-31(4,5)6/h8,10-11,13,16,18-19,21H,9,12,14-15,17,20H2,1-7H3,(H,33,40)(H,34,35,36,37). The topological polar surface area (TPSA) is 131 Å². The van der Waals surface area contributed by atoms with Crippen LogP contribution in [0.25, 0.3) is 11.4 Å². The molecule has 0 aliphatic rings. The lowest BCUT2D eigenvalue weighted by molar-refractivity contribution is -0.155. The summed E-state index contributed by atoms with van der Waals surface area (Å²) in [6.07, 6.45) is 4.50. The minimum atomic E-state index is -0.526. The zero-order chi connectivity index (χ0) is 30.8. The minimum absolute atomic E-state index is 0.202. The lowest BCUT2D eigenvalue weighted by Crippen LogP contribution is -2.33. The minimum Gasteiger partial charge on any atom is -0.460 e. The lowest BCUT2D eigenvalue weighted by atomic mass is 10.1. The number of esters is 1. The van der Waals surface area contributed by atoms with Gasteiger partial charge in [-0.05, 0) is 91.3 Å². The van der Waals surface area contributed by atoms with E-state index in [1.165, 1.54) is 6.33 Å². The highest BCUT2D eigenvalue weighted by atomic mass is 16.6. The van der Waals surface area contributed by atoms with Gasteiger partial charge in [-0.2, -0.15) is 4.98 Å². The molecule has 0 saturated carbocycles. The highest BCUT2D eigenvalue weighted by Crippen LogP contribution is 2.20. The molecular weight excluding hydrogens is 534 g/mol. The SMILES string of the molecule is CN(CCC(=O)OC(C)(C)C)Cc1cccc(Nc2ncnc(-c3ccnc(CCCNC(=O)OC(C)(C)C)c3)n2)c1. The number of pyridine rings is 1. The van der Waals surface area contributed by atoms with E-state index in [2.05, 4.69) is 35.5 Å². The van der Waals surface area contributed by atoms with Gasteiger partial charge in [-0.15, -0.1) is 0 Å². The van der Waals surface area contributed by atoms with Crippen molar-refractivity contribution >= 4 is 23.7 Å². The quantitative estimate of drug-likeness (QED) is 0.216. The summed E-state index contributed by atoms with van der Waals surface area (Å²) in [5, 5.41) is 6.03. The Bertz CT molecular complexity index is 1340. The number of aromatic nitrogens is 4. The number of hydrogen-bond acceptors (Lipinski definition) is 10. The van der Waals surface area contributed by atoms with Crippen LogP contribution in [-0.4, -0.2) is 68.2 Å². The number of nitrogens with one attached hydrogen (secondary N) is 2. The molecule has 2 aromatic heterocycles. The van der Waals surface area contributed by atoms with Gasteiger partial charge in [-0.1, -0.05) is 12.1 Å². The third-order valence-electron chi connectivity index (χ3n) is 5.68. The van der Waals surface area contributed by atoms with Crippen molar-refractivity contribution in [1.29, 1.82) is 0 Å². The summed E-state index contributed by atoms with van der Waals surface area (Å²) in [6.45, 7) is 12.9. The third kappa shape index (κ3) is 12.2. The van der Waals surface area contributed by atoms with Gasteiger partial charge in [0.05, 0.1) is 6.42 Å². The van der Waals surface area contributed by atoms with Crippen molar-refractivity contribution in [1.82, 2.24) is 30.2 Å². The maximum absolute atomic E-state index is 12.0. The van der Waals surface area contributed by atoms with Gasteiger partial charge >= 0.3 is 12.1 Å². The summed E-state index contributed by atoms with van der Waals surface area (Å²) in [7, 11) is 1.98. The van der Waals surface area contributed by atoms with E-state index in [1.54, 1.807) is 6.20 Å². The van der Waals surface area contributed by atoms with Crippen molar-refractivity contribution in [3.05, 3.63) is 60.2 Å². The summed E-state index contributed by atoms with van der Waals surface area (Å²) in [4.78, 5) is 43.6. The van der Waals surface area contributed by atoms with E-state index in [-0.39, 0.29) is 5.97 Å². The molecule has 1 aromatic carbocycles. The number of nitrogens with zero attached hydrogens (tertiary/aromatic N) is 5. The number of alkyl carbamates (subject to hydrolysis) is 1. The Labute approximate surface area is 248 Å². The number of carbonyl (C=O) groups is 2. The first kappa shape index (κ1) is 32.4. The van der Waals surface area contributed by atoms with Gasteiger partial charge in [0.1, 0.15) is 17.5 Å². The van der Waals surface area contributed by atoms with Crippen molar-refractivity contribution in [2.24, 2.45) is 0 Å². The summed E-state index contributed by atoms with van der Waals surface area (Å²) in [6, 6.07) is 11.8. The van der Waals surface area contributed by atoms with Gasteiger partial charge < -0.3 is 25.0 Å². The van der Waals surface area contributed by atoms with Crippen LogP contribution in [0.4, 0.5) is 16.4 Å². The van der Waals surface area contributed by atoms with E-state index < -0.39 is 17.3 Å². The Morgan fingerprint density at radius 2 is 1.71 bits per heavy atom. The first-order chi connectivity index (χ1) is 19.8. The molecule has 0 radical (unpaired) electrons. The van der Waals surface area contributed by atoms with Crippen molar-refractivity contribution in [3.63, 3.8) is 0 Å². The van der Waals surface area contributed by atoms with Gasteiger partial charge in [0.2, 0.25) is 5.95 Å². The molecule has 0 aliphatic carbocycles. The largest absolute Gasteiger partial charge is 0.460 e. The molecule has 1 amide bonds. The lowest BCUT2D eigenvalue weighted by Gasteiger charge is -2.21. The molecule has 0 bridgehead atoms. The molecule has 0 aliphatic heterocycles. The summed E-state index contributed by atoms with van der Waals surface area (Å²) in [5.74, 6) is 0.753. The van der Waals surface area contributed by atoms with E-state index in [0.717, 1.165) is 22.5 Å². The molecule has 0 saturated heterocycles. The number of hydrogen-bond donors (Lipinski definition) is 2. The second-order valence-electron chi connectivity index (χ2n) is 12.1. The van der Waals surface area contributed by atoms with Crippen LogP contribution in [0.2, 0.25) is 0 Å². The van der Waals surface area contributed by atoms with Crippen LogP contribution >= 0.6 is 0 Å². The monoisotopic (exact) mass is 577 g/mol. The molecule has 0 atom stereocenters. The van der Waals surface area contributed by atoms with E-state index >= 15 is 0 Å². The van der Waals surface area contributed by atoms with E-state index in [9.17, 15) is 9.59 Å². The van der Waals surface area contributed by atoms with Crippen molar-refractivity contribution < 1.29 is 19.1 Å². The van der Waals surface area contributed by atoms with E-state index in [4.69, 9.17) is 9.47 Å². The van der Waals surface area contributed by atoms with Crippen molar-refractivity contribution in [2.75, 3.05) is 25.5 Å². The fourth-order valence-electron chi connectivity index (χ4n) is 3.97. The van der Waals surface area contributed by atoms with Crippen LogP contribution < -0.4 is 10.6 Å². The normalized spacial score (nSPS) is 11.7. The van der Waals surface area contributed by atoms with Crippen molar-refractivity contribution in [2.45, 2.75) is 78.6 Å². The molecule has 0 unspecified atom stereocenters. The van der Waals surface area contributed by atoms with Crippen molar-refractivity contribution in [3.8, 4) is 11.4 Å². The van der Waals surface area contributed by atoms with Gasteiger partial charge in [0.15, 0.2) is 5.82 Å². The molecule has 0 fully saturated rings. The molecule has 226 valence electrons. The van der Waals surface area contributed by atoms with Gasteiger partial charge in [-0.3, -0.25) is 9.78 Å². The number of anilines is 2. The Morgan fingerprint density at radius 3 is 2.45 bits per heavy atom. The molecule has 11 nitrogen and oxygen atoms in total. The van der Waals surface area contributed by atoms with E-state index in [0.29, 0.717) is 50.7 Å². The number of ether oxygens (including phenoxy) is 2. The Hall–Kier alpha value is -4.12. The maximum Gasteiger partial charge on any atom is 0.407 e. The zero-order valence-corrected chi connectivity index (χ0v) is 25.7. The average Bonchev–Trinajstić information content (AvgIpc) is 2.89. The van der Waals surface area contributed by atoms with Gasteiger partial charge in [0, 0.05) is 42.8 Å². The third-order valence-corrected chi connectivity index (χ3v) is 5.68. The molecule has 0 spiro atoms. The average molecular weight is 578 g/mol. The number of carbonyl (C=O) groups excluding carboxylic acids is 2. The molecular formula is C31H43N7O4. The highest BCUT2D eigenvalue weighted by molar-refractivity contribution is 5.70. The molecule has 3 rings (SSSR count). The molecule has 42 heavy (non-hydrogen) atoms. The molecule has 2 N–H and O–H groups in total. The molecule has 3 aromatic rings. The first-order valence-electron chi connectivity index (χ1n) is 14.1. The maximum atomic E-state index is 12.0. The Balaban J connectivity index is 1.55. The predicted octanol–water partition coefficient (Wildman–Crippen LogP) is 5.30. The number of amides is 1. The van der Waals surface area contributed by atoms with E-state index in [1.807, 2.05) is 85.0 Å². The van der Waals surface area contributed by atoms with Gasteiger partial charge in [0.25, 0.3) is 0 Å². The highest BCUT2D eigenvalue weighted by Gasteiger charge is 2.17.